The molecule has 0 amide bonds. The average Bonchev–Trinajstić information content (AvgIpc) is 2.98. The number of halogens is 3. The molecule has 0 fully saturated rings. The van der Waals surface area contributed by atoms with Gasteiger partial charge < -0.3 is 16.4 Å². The maximum atomic E-state index is 12.0. The number of nitrogens with zero attached hydrogens (tertiary/aromatic N) is 4. The number of nitrogens with two attached hydrogens (primary N) is 1. The van der Waals surface area contributed by atoms with E-state index < -0.39 is 12.7 Å². The summed E-state index contributed by atoms with van der Waals surface area (Å²) in [5, 5.41) is 18.5. The second-order valence-corrected chi connectivity index (χ2v) is 6.34. The topological polar surface area (TPSA) is 124 Å². The minimum Gasteiger partial charge on any atom is -0.370 e. The van der Waals surface area contributed by atoms with Gasteiger partial charge >= 0.3 is 6.18 Å². The van der Waals surface area contributed by atoms with Gasteiger partial charge in [0.15, 0.2) is 17.3 Å². The Hall–Kier alpha value is -2.20. The number of hydrogen-bond donors (Lipinski definition) is 4. The molecule has 0 spiro atoms. The van der Waals surface area contributed by atoms with Gasteiger partial charge in [0.25, 0.3) is 0 Å². The molecule has 0 aliphatic carbocycles. The monoisotopic (exact) mass is 394 g/mol. The van der Waals surface area contributed by atoms with Crippen LogP contribution in [0.4, 0.5) is 18.3 Å². The summed E-state index contributed by atoms with van der Waals surface area (Å²) in [6, 6.07) is 0. The lowest BCUT2D eigenvalue weighted by molar-refractivity contribution is -0.118. The van der Waals surface area contributed by atoms with Gasteiger partial charge in [-0.15, -0.1) is 11.3 Å². The normalized spacial score (nSPS) is 12.6. The van der Waals surface area contributed by atoms with Crippen LogP contribution in [0.15, 0.2) is 15.4 Å². The molecule has 0 aromatic carbocycles. The van der Waals surface area contributed by atoms with E-state index in [1.54, 1.807) is 30.4 Å². The molecule has 5 N–H and O–H groups in total. The van der Waals surface area contributed by atoms with Crippen LogP contribution in [-0.2, 0) is 5.75 Å². The Kier molecular flexibility index (Phi) is 8.86. The molecule has 8 nitrogen and oxygen atoms in total. The summed E-state index contributed by atoms with van der Waals surface area (Å²) in [5.41, 5.74) is 6.16. The number of aromatic nitrogens is 1. The van der Waals surface area contributed by atoms with Crippen LogP contribution < -0.4 is 21.7 Å². The number of thiazole rings is 1. The van der Waals surface area contributed by atoms with Crippen molar-refractivity contribution in [2.24, 2.45) is 15.7 Å². The SMILES string of the molecule is CN=C(NC#N)NCCSCc1csc(NC(N)=NCC(F)(F)F)n1. The van der Waals surface area contributed by atoms with Crippen LogP contribution in [0.3, 0.4) is 0 Å². The van der Waals surface area contributed by atoms with Crippen molar-refractivity contribution in [2.75, 3.05) is 31.2 Å². The molecule has 0 atom stereocenters. The highest BCUT2D eigenvalue weighted by Crippen LogP contribution is 2.19. The van der Waals surface area contributed by atoms with Crippen molar-refractivity contribution in [2.45, 2.75) is 11.9 Å². The van der Waals surface area contributed by atoms with E-state index in [9.17, 15) is 13.2 Å². The number of guanidine groups is 2. The van der Waals surface area contributed by atoms with E-state index in [-0.39, 0.29) is 5.96 Å². The van der Waals surface area contributed by atoms with Crippen LogP contribution in [0.1, 0.15) is 5.69 Å². The zero-order chi connectivity index (χ0) is 18.7. The lowest BCUT2D eigenvalue weighted by Gasteiger charge is -2.06. The number of aliphatic imine (C=N–C) groups is 2. The Morgan fingerprint density at radius 2 is 2.28 bits per heavy atom. The van der Waals surface area contributed by atoms with Crippen LogP contribution in [0.2, 0.25) is 0 Å². The summed E-state index contributed by atoms with van der Waals surface area (Å²) in [6.07, 6.45) is -2.62. The molecule has 0 aliphatic rings. The molecule has 0 saturated carbocycles. The van der Waals surface area contributed by atoms with Crippen molar-refractivity contribution < 1.29 is 13.2 Å². The van der Waals surface area contributed by atoms with Gasteiger partial charge in [-0.3, -0.25) is 10.3 Å². The highest BCUT2D eigenvalue weighted by Gasteiger charge is 2.26. The minimum atomic E-state index is -4.39. The molecule has 13 heteroatoms. The lowest BCUT2D eigenvalue weighted by Crippen LogP contribution is -2.35. The van der Waals surface area contributed by atoms with Gasteiger partial charge in [0.2, 0.25) is 5.96 Å². The summed E-state index contributed by atoms with van der Waals surface area (Å²) >= 11 is 2.83. The van der Waals surface area contributed by atoms with Gasteiger partial charge in [0, 0.05) is 30.5 Å². The third kappa shape index (κ3) is 9.62. The summed E-state index contributed by atoms with van der Waals surface area (Å²) in [6.45, 7) is -0.727. The van der Waals surface area contributed by atoms with Gasteiger partial charge in [-0.2, -0.15) is 30.2 Å². The Morgan fingerprint density at radius 3 is 2.92 bits per heavy atom. The largest absolute Gasteiger partial charge is 0.408 e. The van der Waals surface area contributed by atoms with Crippen molar-refractivity contribution >= 4 is 40.1 Å². The van der Waals surface area contributed by atoms with Crippen molar-refractivity contribution in [1.29, 1.82) is 5.26 Å². The fraction of sp³-hybridized carbons (Fsp3) is 0.500. The summed E-state index contributed by atoms with van der Waals surface area (Å²) in [4.78, 5) is 11.3. The molecule has 0 saturated heterocycles. The standard InChI is InChI=1S/C12H17F3N8S2/c1-18-10(21-7-16)19-2-3-24-4-8-5-25-11(22-8)23-9(17)20-6-12(13,14)15/h5H,2-4,6H2,1H3,(H2,18,19,21)(H3,17,20,22,23). The molecule has 0 bridgehead atoms. The quantitative estimate of drug-likeness (QED) is 0.181. The predicted octanol–water partition coefficient (Wildman–Crippen LogP) is 1.31. The van der Waals surface area contributed by atoms with E-state index in [1.165, 1.54) is 11.3 Å². The second kappa shape index (κ2) is 10.6. The third-order valence-corrected chi connectivity index (χ3v) is 4.20. The van der Waals surface area contributed by atoms with E-state index in [1.807, 2.05) is 0 Å². The molecule has 138 valence electrons. The van der Waals surface area contributed by atoms with Crippen molar-refractivity contribution in [3.63, 3.8) is 0 Å². The number of hydrogen-bond acceptors (Lipinski definition) is 6. The van der Waals surface area contributed by atoms with Gasteiger partial charge in [-0.1, -0.05) is 0 Å². The third-order valence-electron chi connectivity index (χ3n) is 2.40. The molecule has 0 radical (unpaired) electrons. The second-order valence-electron chi connectivity index (χ2n) is 4.37. The number of nitrogens with one attached hydrogen (secondary N) is 3. The predicted molar refractivity (Wildman–Crippen MR) is 94.6 cm³/mol. The molecule has 0 unspecified atom stereocenters. The zero-order valence-corrected chi connectivity index (χ0v) is 14.9. The molecule has 1 heterocycles. The summed E-state index contributed by atoms with van der Waals surface area (Å²) in [5.74, 6) is 1.45. The first-order valence-corrected chi connectivity index (χ1v) is 8.89. The average molecular weight is 394 g/mol. The van der Waals surface area contributed by atoms with Crippen LogP contribution >= 0.6 is 23.1 Å². The maximum Gasteiger partial charge on any atom is 0.408 e. The van der Waals surface area contributed by atoms with E-state index in [4.69, 9.17) is 11.0 Å². The zero-order valence-electron chi connectivity index (χ0n) is 13.2. The van der Waals surface area contributed by atoms with E-state index >= 15 is 0 Å². The number of anilines is 1. The smallest absolute Gasteiger partial charge is 0.370 e. The first-order valence-electron chi connectivity index (χ1n) is 6.85. The van der Waals surface area contributed by atoms with Crippen LogP contribution in [0.5, 0.6) is 0 Å². The van der Waals surface area contributed by atoms with Crippen LogP contribution in [-0.4, -0.2) is 49.0 Å². The number of nitriles is 1. The van der Waals surface area contributed by atoms with Crippen molar-refractivity contribution in [1.82, 2.24) is 15.6 Å². The number of rotatable bonds is 7. The van der Waals surface area contributed by atoms with Gasteiger partial charge in [0.1, 0.15) is 6.54 Å². The first-order chi connectivity index (χ1) is 11.8. The maximum absolute atomic E-state index is 12.0. The molecule has 25 heavy (non-hydrogen) atoms. The van der Waals surface area contributed by atoms with Gasteiger partial charge in [-0.25, -0.2) is 9.98 Å². The number of thioether (sulfide) groups is 1. The highest BCUT2D eigenvalue weighted by atomic mass is 32.2. The Labute approximate surface area is 150 Å². The van der Waals surface area contributed by atoms with Crippen LogP contribution in [0.25, 0.3) is 0 Å². The minimum absolute atomic E-state index is 0.327. The summed E-state index contributed by atoms with van der Waals surface area (Å²) < 4.78 is 36.1. The molecule has 1 rings (SSSR count). The van der Waals surface area contributed by atoms with E-state index in [0.29, 0.717) is 23.4 Å². The van der Waals surface area contributed by atoms with E-state index in [0.717, 1.165) is 11.4 Å². The Bertz CT molecular complexity index is 635. The molecule has 0 aliphatic heterocycles. The Balaban J connectivity index is 2.31. The first kappa shape index (κ1) is 20.8. The summed E-state index contributed by atoms with van der Waals surface area (Å²) in [7, 11) is 1.56. The van der Waals surface area contributed by atoms with E-state index in [2.05, 4.69) is 30.9 Å². The van der Waals surface area contributed by atoms with Crippen LogP contribution in [0, 0.1) is 11.5 Å². The fourth-order valence-electron chi connectivity index (χ4n) is 1.41. The van der Waals surface area contributed by atoms with Gasteiger partial charge in [-0.05, 0) is 0 Å². The Morgan fingerprint density at radius 1 is 1.52 bits per heavy atom. The highest BCUT2D eigenvalue weighted by molar-refractivity contribution is 7.98. The molecular weight excluding hydrogens is 377 g/mol. The van der Waals surface area contributed by atoms with Crippen molar-refractivity contribution in [3.8, 4) is 6.19 Å². The number of alkyl halides is 3. The van der Waals surface area contributed by atoms with Gasteiger partial charge in [0.05, 0.1) is 5.69 Å². The lowest BCUT2D eigenvalue weighted by atomic mass is 10.6. The fourth-order valence-corrected chi connectivity index (χ4v) is 2.98. The molecule has 1 aromatic rings. The molecule has 1 aromatic heterocycles. The van der Waals surface area contributed by atoms with Crippen molar-refractivity contribution in [3.05, 3.63) is 11.1 Å². The molecular formula is C12H17F3N8S2.